The minimum Gasteiger partial charge on any atom is -0.329 e. The van der Waals surface area contributed by atoms with Gasteiger partial charge in [0.25, 0.3) is 0 Å². The Hall–Kier alpha value is -0.510. The van der Waals surface area contributed by atoms with Crippen LogP contribution in [0, 0.1) is 0 Å². The molecule has 1 saturated heterocycles. The number of thioether (sulfide) groups is 1. The summed E-state index contributed by atoms with van der Waals surface area (Å²) in [5, 5.41) is 0. The van der Waals surface area contributed by atoms with Crippen molar-refractivity contribution in [1.29, 1.82) is 0 Å². The molecule has 1 aromatic rings. The zero-order valence-electron chi connectivity index (χ0n) is 12.9. The second-order valence-corrected chi connectivity index (χ2v) is 7.01. The van der Waals surface area contributed by atoms with E-state index < -0.39 is 0 Å². The van der Waals surface area contributed by atoms with Crippen LogP contribution < -0.4 is 5.73 Å². The zero-order chi connectivity index (χ0) is 14.4. The van der Waals surface area contributed by atoms with E-state index in [9.17, 15) is 0 Å². The Labute approximate surface area is 128 Å². The molecule has 0 amide bonds. The Morgan fingerprint density at radius 1 is 1.10 bits per heavy atom. The summed E-state index contributed by atoms with van der Waals surface area (Å²) in [6, 6.07) is 8.97. The maximum Gasteiger partial charge on any atom is 0.0343 e. The molecule has 1 fully saturated rings. The van der Waals surface area contributed by atoms with E-state index in [1.54, 1.807) is 11.8 Å². The highest BCUT2D eigenvalue weighted by Gasteiger charge is 2.30. The van der Waals surface area contributed by atoms with Gasteiger partial charge in [-0.05, 0) is 63.2 Å². The van der Waals surface area contributed by atoms with Crippen molar-refractivity contribution in [3.05, 3.63) is 29.8 Å². The van der Waals surface area contributed by atoms with E-state index in [1.807, 2.05) is 0 Å². The minimum atomic E-state index is 0.102. The van der Waals surface area contributed by atoms with Gasteiger partial charge in [-0.3, -0.25) is 4.90 Å². The minimum absolute atomic E-state index is 0.102. The van der Waals surface area contributed by atoms with Crippen molar-refractivity contribution in [2.45, 2.75) is 49.5 Å². The predicted molar refractivity (Wildman–Crippen MR) is 89.4 cm³/mol. The van der Waals surface area contributed by atoms with Gasteiger partial charge in [-0.1, -0.05) is 25.0 Å². The van der Waals surface area contributed by atoms with Gasteiger partial charge >= 0.3 is 0 Å². The molecule has 0 bridgehead atoms. The fraction of sp³-hybridized carbons (Fsp3) is 0.647. The van der Waals surface area contributed by atoms with Gasteiger partial charge in [-0.25, -0.2) is 0 Å². The Balaban J connectivity index is 2.08. The highest BCUT2D eigenvalue weighted by molar-refractivity contribution is 7.98. The summed E-state index contributed by atoms with van der Waals surface area (Å²) in [4.78, 5) is 3.96. The van der Waals surface area contributed by atoms with Gasteiger partial charge < -0.3 is 5.73 Å². The maximum absolute atomic E-state index is 6.15. The van der Waals surface area contributed by atoms with Crippen molar-refractivity contribution in [2.24, 2.45) is 5.73 Å². The van der Waals surface area contributed by atoms with Gasteiger partial charge in [0.2, 0.25) is 0 Å². The molecule has 1 heterocycles. The van der Waals surface area contributed by atoms with Crippen molar-refractivity contribution in [2.75, 3.05) is 25.9 Å². The number of hydrogen-bond donors (Lipinski definition) is 1. The second-order valence-electron chi connectivity index (χ2n) is 6.13. The molecule has 3 heteroatoms. The first-order chi connectivity index (χ1) is 9.68. The molecule has 2 rings (SSSR count). The van der Waals surface area contributed by atoms with E-state index in [0.717, 1.165) is 13.0 Å². The predicted octanol–water partition coefficient (Wildman–Crippen LogP) is 3.54. The average Bonchev–Trinajstić information content (AvgIpc) is 2.77. The molecule has 0 saturated carbocycles. The Morgan fingerprint density at radius 2 is 1.70 bits per heavy atom. The smallest absolute Gasteiger partial charge is 0.0343 e. The molecule has 0 radical (unpaired) electrons. The molecule has 1 atom stereocenters. The lowest BCUT2D eigenvalue weighted by Gasteiger charge is -2.40. The van der Waals surface area contributed by atoms with E-state index in [-0.39, 0.29) is 5.54 Å². The molecule has 2 nitrogen and oxygen atoms in total. The summed E-state index contributed by atoms with van der Waals surface area (Å²) >= 11 is 1.80. The Kier molecular flexibility index (Phi) is 5.94. The van der Waals surface area contributed by atoms with Crippen molar-refractivity contribution in [3.8, 4) is 0 Å². The Bertz CT molecular complexity index is 396. The lowest BCUT2D eigenvalue weighted by Crippen LogP contribution is -2.53. The van der Waals surface area contributed by atoms with Gasteiger partial charge in [0.15, 0.2) is 0 Å². The number of hydrogen-bond acceptors (Lipinski definition) is 3. The third-order valence-corrected chi connectivity index (χ3v) is 5.30. The van der Waals surface area contributed by atoms with Gasteiger partial charge in [0, 0.05) is 17.0 Å². The summed E-state index contributed by atoms with van der Waals surface area (Å²) in [7, 11) is 0. The van der Waals surface area contributed by atoms with Crippen LogP contribution in [-0.4, -0.2) is 36.3 Å². The van der Waals surface area contributed by atoms with Gasteiger partial charge in [0.05, 0.1) is 0 Å². The molecular weight excluding hydrogens is 264 g/mol. The van der Waals surface area contributed by atoms with E-state index >= 15 is 0 Å². The largest absolute Gasteiger partial charge is 0.329 e. The number of rotatable bonds is 5. The van der Waals surface area contributed by atoms with Gasteiger partial charge in [-0.15, -0.1) is 11.8 Å². The molecule has 0 spiro atoms. The van der Waals surface area contributed by atoms with E-state index in [0.29, 0.717) is 0 Å². The quantitative estimate of drug-likeness (QED) is 0.842. The highest BCUT2D eigenvalue weighted by atomic mass is 32.2. The van der Waals surface area contributed by atoms with Crippen LogP contribution in [0.4, 0.5) is 0 Å². The summed E-state index contributed by atoms with van der Waals surface area (Å²) in [5.41, 5.74) is 7.65. The van der Waals surface area contributed by atoms with Gasteiger partial charge in [-0.2, -0.15) is 0 Å². The van der Waals surface area contributed by atoms with Crippen molar-refractivity contribution < 1.29 is 0 Å². The first-order valence-corrected chi connectivity index (χ1v) is 8.98. The molecular formula is C17H28N2S. The molecule has 1 unspecified atom stereocenters. The van der Waals surface area contributed by atoms with Crippen molar-refractivity contribution in [3.63, 3.8) is 0 Å². The summed E-state index contributed by atoms with van der Waals surface area (Å²) in [6.45, 7) is 5.48. The normalized spacial score (nSPS) is 20.4. The standard InChI is InChI=1S/C17H28N2S/c1-17(14-18,19-11-5-3-4-6-12-19)13-15-7-9-16(20-2)10-8-15/h7-10H,3-6,11-14,18H2,1-2H3. The van der Waals surface area contributed by atoms with Crippen LogP contribution in [-0.2, 0) is 6.42 Å². The number of likely N-dealkylation sites (tertiary alicyclic amines) is 1. The molecule has 1 aliphatic rings. The number of benzene rings is 1. The van der Waals surface area contributed by atoms with Crippen LogP contribution in [0.2, 0.25) is 0 Å². The fourth-order valence-corrected chi connectivity index (χ4v) is 3.51. The van der Waals surface area contributed by atoms with Crippen LogP contribution in [0.15, 0.2) is 29.2 Å². The van der Waals surface area contributed by atoms with E-state index in [2.05, 4.69) is 42.3 Å². The zero-order valence-corrected chi connectivity index (χ0v) is 13.7. The summed E-state index contributed by atoms with van der Waals surface area (Å²) in [5.74, 6) is 0. The average molecular weight is 292 g/mol. The van der Waals surface area contributed by atoms with Gasteiger partial charge in [0.1, 0.15) is 0 Å². The molecule has 20 heavy (non-hydrogen) atoms. The third kappa shape index (κ3) is 4.00. The van der Waals surface area contributed by atoms with E-state index in [1.165, 1.54) is 49.2 Å². The van der Waals surface area contributed by atoms with Crippen LogP contribution in [0.1, 0.15) is 38.2 Å². The SMILES string of the molecule is CSc1ccc(CC(C)(CN)N2CCCCCC2)cc1. The molecule has 0 aromatic heterocycles. The van der Waals surface area contributed by atoms with Crippen LogP contribution in [0.5, 0.6) is 0 Å². The first-order valence-electron chi connectivity index (χ1n) is 7.76. The Morgan fingerprint density at radius 3 is 2.20 bits per heavy atom. The lowest BCUT2D eigenvalue weighted by atomic mass is 9.90. The second kappa shape index (κ2) is 7.48. The molecule has 1 aromatic carbocycles. The summed E-state index contributed by atoms with van der Waals surface area (Å²) < 4.78 is 0. The molecule has 112 valence electrons. The fourth-order valence-electron chi connectivity index (χ4n) is 3.11. The number of nitrogens with zero attached hydrogens (tertiary/aromatic N) is 1. The van der Waals surface area contributed by atoms with Crippen LogP contribution >= 0.6 is 11.8 Å². The topological polar surface area (TPSA) is 29.3 Å². The number of nitrogens with two attached hydrogens (primary N) is 1. The monoisotopic (exact) mass is 292 g/mol. The highest BCUT2D eigenvalue weighted by Crippen LogP contribution is 2.25. The molecule has 0 aliphatic carbocycles. The third-order valence-electron chi connectivity index (χ3n) is 4.55. The van der Waals surface area contributed by atoms with Crippen molar-refractivity contribution in [1.82, 2.24) is 4.90 Å². The molecule has 2 N–H and O–H groups in total. The lowest BCUT2D eigenvalue weighted by molar-refractivity contribution is 0.114. The molecule has 1 aliphatic heterocycles. The van der Waals surface area contributed by atoms with E-state index in [4.69, 9.17) is 5.73 Å². The maximum atomic E-state index is 6.15. The van der Waals surface area contributed by atoms with Crippen LogP contribution in [0.25, 0.3) is 0 Å². The summed E-state index contributed by atoms with van der Waals surface area (Å²) in [6.07, 6.45) is 8.57. The van der Waals surface area contributed by atoms with Crippen LogP contribution in [0.3, 0.4) is 0 Å². The first kappa shape index (κ1) is 15.9. The van der Waals surface area contributed by atoms with Crippen molar-refractivity contribution >= 4 is 11.8 Å².